The molecule has 0 aliphatic rings. The maximum Gasteiger partial charge on any atom is 0.221 e. The van der Waals surface area contributed by atoms with E-state index in [1.54, 1.807) is 24.3 Å². The Morgan fingerprint density at radius 1 is 1.39 bits per heavy atom. The summed E-state index contributed by atoms with van der Waals surface area (Å²) in [7, 11) is 0. The van der Waals surface area contributed by atoms with Gasteiger partial charge >= 0.3 is 0 Å². The summed E-state index contributed by atoms with van der Waals surface area (Å²) in [5, 5.41) is 2.66. The number of ether oxygens (including phenoxy) is 1. The Labute approximate surface area is 107 Å². The molecule has 0 aliphatic heterocycles. The smallest absolute Gasteiger partial charge is 0.221 e. The van der Waals surface area contributed by atoms with Gasteiger partial charge in [0, 0.05) is 24.6 Å². The van der Waals surface area contributed by atoms with Gasteiger partial charge in [0.1, 0.15) is 12.4 Å². The van der Waals surface area contributed by atoms with Crippen LogP contribution in [0.25, 0.3) is 0 Å². The molecule has 0 bridgehead atoms. The molecular formula is C14H19NO3. The average molecular weight is 249 g/mol. The topological polar surface area (TPSA) is 55.4 Å². The highest BCUT2D eigenvalue weighted by molar-refractivity contribution is 5.88. The van der Waals surface area contributed by atoms with Gasteiger partial charge in [-0.05, 0) is 18.6 Å². The zero-order valence-electron chi connectivity index (χ0n) is 11.0. The van der Waals surface area contributed by atoms with Crippen molar-refractivity contribution in [1.29, 1.82) is 0 Å². The summed E-state index contributed by atoms with van der Waals surface area (Å²) < 4.78 is 5.41. The maximum atomic E-state index is 11.6. The molecule has 1 amide bonds. The SMILES string of the molecule is CCC(C)C(=O)COc1cccc(NC(C)=O)c1. The monoisotopic (exact) mass is 249 g/mol. The van der Waals surface area contributed by atoms with Gasteiger partial charge in [-0.25, -0.2) is 0 Å². The van der Waals surface area contributed by atoms with Crippen LogP contribution in [0.1, 0.15) is 27.2 Å². The molecule has 0 heterocycles. The molecule has 98 valence electrons. The molecule has 1 N–H and O–H groups in total. The minimum Gasteiger partial charge on any atom is -0.486 e. The number of hydrogen-bond donors (Lipinski definition) is 1. The van der Waals surface area contributed by atoms with Crippen LogP contribution in [0.2, 0.25) is 0 Å². The first-order valence-electron chi connectivity index (χ1n) is 6.06. The van der Waals surface area contributed by atoms with Crippen LogP contribution in [0.4, 0.5) is 5.69 Å². The largest absolute Gasteiger partial charge is 0.486 e. The number of nitrogens with one attached hydrogen (secondary N) is 1. The van der Waals surface area contributed by atoms with Gasteiger partial charge in [0.05, 0.1) is 0 Å². The van der Waals surface area contributed by atoms with E-state index < -0.39 is 0 Å². The maximum absolute atomic E-state index is 11.6. The normalized spacial score (nSPS) is 11.7. The molecule has 0 saturated heterocycles. The van der Waals surface area contributed by atoms with E-state index in [4.69, 9.17) is 4.74 Å². The molecule has 0 aliphatic carbocycles. The second-order valence-electron chi connectivity index (χ2n) is 4.27. The molecule has 1 atom stereocenters. The van der Waals surface area contributed by atoms with E-state index in [1.807, 2.05) is 13.8 Å². The van der Waals surface area contributed by atoms with Crippen LogP contribution >= 0.6 is 0 Å². The van der Waals surface area contributed by atoms with Crippen molar-refractivity contribution in [2.24, 2.45) is 5.92 Å². The van der Waals surface area contributed by atoms with Gasteiger partial charge in [-0.2, -0.15) is 0 Å². The quantitative estimate of drug-likeness (QED) is 0.843. The fourth-order valence-corrected chi connectivity index (χ4v) is 1.39. The summed E-state index contributed by atoms with van der Waals surface area (Å²) in [6.07, 6.45) is 0.814. The molecule has 4 heteroatoms. The number of ketones is 1. The molecule has 4 nitrogen and oxygen atoms in total. The molecule has 0 spiro atoms. The lowest BCUT2D eigenvalue weighted by molar-refractivity contribution is -0.124. The van der Waals surface area contributed by atoms with E-state index in [1.165, 1.54) is 6.92 Å². The molecule has 18 heavy (non-hydrogen) atoms. The van der Waals surface area contributed by atoms with E-state index in [0.717, 1.165) is 6.42 Å². The van der Waals surface area contributed by atoms with Crippen LogP contribution in [0.3, 0.4) is 0 Å². The Kier molecular flexibility index (Phi) is 5.36. The molecule has 1 aromatic rings. The Bertz CT molecular complexity index is 429. The summed E-state index contributed by atoms with van der Waals surface area (Å²) in [4.78, 5) is 22.5. The number of anilines is 1. The van der Waals surface area contributed by atoms with E-state index in [9.17, 15) is 9.59 Å². The van der Waals surface area contributed by atoms with Crippen molar-refractivity contribution >= 4 is 17.4 Å². The van der Waals surface area contributed by atoms with E-state index in [0.29, 0.717) is 11.4 Å². The summed E-state index contributed by atoms with van der Waals surface area (Å²) in [6.45, 7) is 5.37. The summed E-state index contributed by atoms with van der Waals surface area (Å²) >= 11 is 0. The van der Waals surface area contributed by atoms with Crippen molar-refractivity contribution in [1.82, 2.24) is 0 Å². The summed E-state index contributed by atoms with van der Waals surface area (Å²) in [5.74, 6) is 0.548. The Balaban J connectivity index is 2.57. The van der Waals surface area contributed by atoms with Crippen LogP contribution in [0, 0.1) is 5.92 Å². The molecule has 1 aromatic carbocycles. The number of carbonyl (C=O) groups is 2. The lowest BCUT2D eigenvalue weighted by Gasteiger charge is -2.10. The molecule has 0 saturated carbocycles. The third-order valence-electron chi connectivity index (χ3n) is 2.70. The van der Waals surface area contributed by atoms with Gasteiger partial charge in [0.2, 0.25) is 5.91 Å². The zero-order valence-corrected chi connectivity index (χ0v) is 11.0. The second-order valence-corrected chi connectivity index (χ2v) is 4.27. The van der Waals surface area contributed by atoms with Gasteiger partial charge in [0.25, 0.3) is 0 Å². The molecule has 0 fully saturated rings. The first kappa shape index (κ1) is 14.2. The van der Waals surface area contributed by atoms with Crippen LogP contribution < -0.4 is 10.1 Å². The predicted molar refractivity (Wildman–Crippen MR) is 70.7 cm³/mol. The summed E-state index contributed by atoms with van der Waals surface area (Å²) in [5.41, 5.74) is 0.663. The minimum absolute atomic E-state index is 0.0172. The highest BCUT2D eigenvalue weighted by Gasteiger charge is 2.11. The van der Waals surface area contributed by atoms with Crippen molar-refractivity contribution in [3.63, 3.8) is 0 Å². The number of hydrogen-bond acceptors (Lipinski definition) is 3. The number of amides is 1. The first-order valence-corrected chi connectivity index (χ1v) is 6.06. The van der Waals surface area contributed by atoms with Crippen molar-refractivity contribution < 1.29 is 14.3 Å². The predicted octanol–water partition coefficient (Wildman–Crippen LogP) is 2.64. The van der Waals surface area contributed by atoms with Crippen molar-refractivity contribution in [3.8, 4) is 5.75 Å². The Hall–Kier alpha value is -1.84. The highest BCUT2D eigenvalue weighted by atomic mass is 16.5. The van der Waals surface area contributed by atoms with Crippen molar-refractivity contribution in [2.45, 2.75) is 27.2 Å². The van der Waals surface area contributed by atoms with Crippen molar-refractivity contribution in [3.05, 3.63) is 24.3 Å². The van der Waals surface area contributed by atoms with E-state index in [-0.39, 0.29) is 24.2 Å². The molecule has 0 radical (unpaired) electrons. The Morgan fingerprint density at radius 2 is 2.11 bits per heavy atom. The number of benzene rings is 1. The van der Waals surface area contributed by atoms with E-state index in [2.05, 4.69) is 5.32 Å². The second kappa shape index (κ2) is 6.79. The standard InChI is InChI=1S/C14H19NO3/c1-4-10(2)14(17)9-18-13-7-5-6-12(8-13)15-11(3)16/h5-8,10H,4,9H2,1-3H3,(H,15,16). The minimum atomic E-state index is -0.136. The van der Waals surface area contributed by atoms with Gasteiger partial charge in [-0.3, -0.25) is 9.59 Å². The third-order valence-corrected chi connectivity index (χ3v) is 2.70. The first-order chi connectivity index (χ1) is 8.52. The van der Waals surface area contributed by atoms with Gasteiger partial charge < -0.3 is 10.1 Å². The van der Waals surface area contributed by atoms with Gasteiger partial charge in [-0.1, -0.05) is 19.9 Å². The zero-order chi connectivity index (χ0) is 13.5. The Morgan fingerprint density at radius 3 is 2.72 bits per heavy atom. The third kappa shape index (κ3) is 4.57. The fraction of sp³-hybridized carbons (Fsp3) is 0.429. The fourth-order valence-electron chi connectivity index (χ4n) is 1.39. The number of Topliss-reactive ketones (excluding diaryl/α,β-unsaturated/α-hetero) is 1. The van der Waals surface area contributed by atoms with E-state index >= 15 is 0 Å². The number of carbonyl (C=O) groups excluding carboxylic acids is 2. The molecular weight excluding hydrogens is 230 g/mol. The van der Waals surface area contributed by atoms with Crippen LogP contribution in [0.15, 0.2) is 24.3 Å². The van der Waals surface area contributed by atoms with Gasteiger partial charge in [0.15, 0.2) is 5.78 Å². The highest BCUT2D eigenvalue weighted by Crippen LogP contribution is 2.17. The van der Waals surface area contributed by atoms with Crippen molar-refractivity contribution in [2.75, 3.05) is 11.9 Å². The summed E-state index contributed by atoms with van der Waals surface area (Å²) in [6, 6.07) is 7.00. The molecule has 0 aromatic heterocycles. The van der Waals surface area contributed by atoms with Gasteiger partial charge in [-0.15, -0.1) is 0 Å². The molecule has 1 unspecified atom stereocenters. The lowest BCUT2D eigenvalue weighted by atomic mass is 10.1. The number of rotatable bonds is 6. The van der Waals surface area contributed by atoms with Crippen LogP contribution in [-0.4, -0.2) is 18.3 Å². The van der Waals surface area contributed by atoms with Crippen LogP contribution in [-0.2, 0) is 9.59 Å². The lowest BCUT2D eigenvalue weighted by Crippen LogP contribution is -2.18. The molecule has 1 rings (SSSR count). The average Bonchev–Trinajstić information content (AvgIpc) is 2.34. The van der Waals surface area contributed by atoms with Crippen LogP contribution in [0.5, 0.6) is 5.75 Å².